The summed E-state index contributed by atoms with van der Waals surface area (Å²) in [4.78, 5) is 5.13. The van der Waals surface area contributed by atoms with Gasteiger partial charge in [0.15, 0.2) is 6.23 Å². The molecule has 1 unspecified atom stereocenters. The molecule has 0 saturated heterocycles. The van der Waals surface area contributed by atoms with Crippen LogP contribution < -0.4 is 10.1 Å². The van der Waals surface area contributed by atoms with Crippen molar-refractivity contribution < 1.29 is 4.74 Å². The van der Waals surface area contributed by atoms with E-state index in [-0.39, 0.29) is 6.23 Å². The number of para-hydroxylation sites is 2. The van der Waals surface area contributed by atoms with Gasteiger partial charge in [0.1, 0.15) is 5.75 Å². The largest absolute Gasteiger partial charge is 0.464 e. The maximum atomic E-state index is 6.39. The first-order valence-corrected chi connectivity index (χ1v) is 14.6. The van der Waals surface area contributed by atoms with Crippen LogP contribution in [0.1, 0.15) is 11.8 Å². The van der Waals surface area contributed by atoms with Crippen molar-refractivity contribution in [3.63, 3.8) is 0 Å². The molecule has 0 fully saturated rings. The third-order valence-electron chi connectivity index (χ3n) is 8.13. The molecule has 0 saturated carbocycles. The zero-order valence-corrected chi connectivity index (χ0v) is 23.4. The maximum absolute atomic E-state index is 6.39. The van der Waals surface area contributed by atoms with Crippen molar-refractivity contribution in [2.24, 2.45) is 0 Å². The van der Waals surface area contributed by atoms with Gasteiger partial charge in [-0.25, -0.2) is 4.98 Å². The van der Waals surface area contributed by atoms with Gasteiger partial charge < -0.3 is 10.1 Å². The van der Waals surface area contributed by atoms with Gasteiger partial charge in [-0.05, 0) is 57.3 Å². The van der Waals surface area contributed by atoms with E-state index < -0.39 is 0 Å². The Morgan fingerprint density at radius 2 is 1.09 bits per heavy atom. The summed E-state index contributed by atoms with van der Waals surface area (Å²) in [6, 6.07) is 55.1. The lowest BCUT2D eigenvalue weighted by atomic mass is 9.91. The molecule has 7 aromatic rings. The molecule has 8 rings (SSSR count). The lowest BCUT2D eigenvalue weighted by Gasteiger charge is -2.19. The van der Waals surface area contributed by atoms with E-state index in [0.717, 1.165) is 50.6 Å². The molecule has 6 aromatic carbocycles. The predicted molar refractivity (Wildman–Crippen MR) is 177 cm³/mol. The van der Waals surface area contributed by atoms with Gasteiger partial charge in [0.2, 0.25) is 0 Å². The second kappa shape index (κ2) is 10.6. The maximum Gasteiger partial charge on any atom is 0.197 e. The average molecular weight is 553 g/mol. The zero-order chi connectivity index (χ0) is 28.6. The number of pyridine rings is 1. The van der Waals surface area contributed by atoms with Gasteiger partial charge in [0.05, 0.1) is 17.1 Å². The molecule has 0 spiro atoms. The van der Waals surface area contributed by atoms with Gasteiger partial charge in [-0.1, -0.05) is 133 Å². The van der Waals surface area contributed by atoms with Crippen LogP contribution in [0.15, 0.2) is 158 Å². The summed E-state index contributed by atoms with van der Waals surface area (Å²) in [5.41, 5.74) is 10.8. The topological polar surface area (TPSA) is 34.2 Å². The molecule has 0 amide bonds. The zero-order valence-electron chi connectivity index (χ0n) is 23.4. The van der Waals surface area contributed by atoms with Crippen LogP contribution in [0, 0.1) is 0 Å². The van der Waals surface area contributed by atoms with E-state index in [9.17, 15) is 0 Å². The Morgan fingerprint density at radius 1 is 0.488 bits per heavy atom. The summed E-state index contributed by atoms with van der Waals surface area (Å²) in [5.74, 6) is 0.876. The number of hydrogen-bond donors (Lipinski definition) is 1. The van der Waals surface area contributed by atoms with E-state index in [0.29, 0.717) is 0 Å². The SMILES string of the molecule is c1ccc(-c2cc(-c3ccccc3)nc(-c3ccc(-c4c(C5Nc6ccccc6O5)ccc5ccccc45)cc3)c2)cc1. The molecular weight excluding hydrogens is 524 g/mol. The summed E-state index contributed by atoms with van der Waals surface area (Å²) in [6.45, 7) is 0. The number of nitrogens with one attached hydrogen (secondary N) is 1. The average Bonchev–Trinajstić information content (AvgIpc) is 3.53. The second-order valence-electron chi connectivity index (χ2n) is 10.8. The van der Waals surface area contributed by atoms with E-state index >= 15 is 0 Å². The van der Waals surface area contributed by atoms with Gasteiger partial charge in [-0.15, -0.1) is 0 Å². The molecule has 1 aromatic heterocycles. The number of anilines is 1. The van der Waals surface area contributed by atoms with Crippen LogP contribution in [0.2, 0.25) is 0 Å². The van der Waals surface area contributed by atoms with Crippen LogP contribution >= 0.6 is 0 Å². The molecule has 3 heteroatoms. The third-order valence-corrected chi connectivity index (χ3v) is 8.13. The molecular formula is C40H28N2O. The Kier molecular flexibility index (Phi) is 6.20. The van der Waals surface area contributed by atoms with Crippen LogP contribution in [-0.4, -0.2) is 4.98 Å². The first-order valence-electron chi connectivity index (χ1n) is 14.6. The first kappa shape index (κ1) is 25.1. The third kappa shape index (κ3) is 4.71. The van der Waals surface area contributed by atoms with Gasteiger partial charge >= 0.3 is 0 Å². The Labute approximate surface area is 251 Å². The normalized spacial score (nSPS) is 13.7. The molecule has 1 aliphatic rings. The fourth-order valence-corrected chi connectivity index (χ4v) is 6.00. The lowest BCUT2D eigenvalue weighted by molar-refractivity contribution is 0.260. The Bertz CT molecular complexity index is 1990. The highest BCUT2D eigenvalue weighted by Gasteiger charge is 2.26. The van der Waals surface area contributed by atoms with Crippen LogP contribution in [0.4, 0.5) is 5.69 Å². The highest BCUT2D eigenvalue weighted by molar-refractivity contribution is 5.99. The fraction of sp³-hybridized carbons (Fsp3) is 0.0250. The Hall–Kier alpha value is -5.67. The van der Waals surface area contributed by atoms with E-state index in [4.69, 9.17) is 9.72 Å². The number of ether oxygens (including phenoxy) is 1. The van der Waals surface area contributed by atoms with Crippen molar-refractivity contribution in [2.45, 2.75) is 6.23 Å². The fourth-order valence-electron chi connectivity index (χ4n) is 6.00. The smallest absolute Gasteiger partial charge is 0.197 e. The minimum Gasteiger partial charge on any atom is -0.464 e. The minimum atomic E-state index is -0.269. The molecule has 204 valence electrons. The predicted octanol–water partition coefficient (Wildman–Crippen LogP) is 10.4. The molecule has 1 atom stereocenters. The Morgan fingerprint density at radius 3 is 1.84 bits per heavy atom. The van der Waals surface area contributed by atoms with Crippen molar-refractivity contribution in [1.82, 2.24) is 4.98 Å². The molecule has 3 nitrogen and oxygen atoms in total. The van der Waals surface area contributed by atoms with Gasteiger partial charge in [-0.3, -0.25) is 0 Å². The van der Waals surface area contributed by atoms with Crippen LogP contribution in [0.25, 0.3) is 55.5 Å². The van der Waals surface area contributed by atoms with Crippen molar-refractivity contribution >= 4 is 16.5 Å². The molecule has 0 aliphatic carbocycles. The van der Waals surface area contributed by atoms with E-state index in [1.807, 2.05) is 24.3 Å². The van der Waals surface area contributed by atoms with Crippen LogP contribution in [0.5, 0.6) is 5.75 Å². The van der Waals surface area contributed by atoms with Crippen molar-refractivity contribution in [2.75, 3.05) is 5.32 Å². The monoisotopic (exact) mass is 552 g/mol. The number of nitrogens with zero attached hydrogens (tertiary/aromatic N) is 1. The van der Waals surface area contributed by atoms with Gasteiger partial charge in [0.25, 0.3) is 0 Å². The summed E-state index contributed by atoms with van der Waals surface area (Å²) >= 11 is 0. The standard InChI is InChI=1S/C40H28N2O/c1-3-11-27(12-4-1)32-25-36(29-14-5-2-6-15-29)41-37(26-32)30-19-21-31(22-20-30)39-33-16-8-7-13-28(33)23-24-34(39)40-42-35-17-9-10-18-38(35)43-40/h1-26,40,42H. The van der Waals surface area contributed by atoms with E-state index in [1.54, 1.807) is 0 Å². The molecule has 1 aliphatic heterocycles. The molecule has 0 radical (unpaired) electrons. The minimum absolute atomic E-state index is 0.269. The molecule has 2 heterocycles. The van der Waals surface area contributed by atoms with Crippen molar-refractivity contribution in [3.05, 3.63) is 163 Å². The number of rotatable bonds is 5. The molecule has 43 heavy (non-hydrogen) atoms. The number of fused-ring (bicyclic) bond motifs is 2. The highest BCUT2D eigenvalue weighted by atomic mass is 16.5. The van der Waals surface area contributed by atoms with Gasteiger partial charge in [0, 0.05) is 16.7 Å². The molecule has 0 bridgehead atoms. The highest BCUT2D eigenvalue weighted by Crippen LogP contribution is 2.43. The van der Waals surface area contributed by atoms with Gasteiger partial charge in [-0.2, -0.15) is 0 Å². The summed E-state index contributed by atoms with van der Waals surface area (Å²) in [7, 11) is 0. The number of hydrogen-bond acceptors (Lipinski definition) is 3. The summed E-state index contributed by atoms with van der Waals surface area (Å²) < 4.78 is 6.39. The van der Waals surface area contributed by atoms with E-state index in [1.165, 1.54) is 21.9 Å². The Balaban J connectivity index is 1.23. The van der Waals surface area contributed by atoms with Crippen LogP contribution in [0.3, 0.4) is 0 Å². The summed E-state index contributed by atoms with van der Waals surface area (Å²) in [5, 5.41) is 5.97. The van der Waals surface area contributed by atoms with Crippen molar-refractivity contribution in [1.29, 1.82) is 0 Å². The first-order chi connectivity index (χ1) is 21.3. The van der Waals surface area contributed by atoms with Crippen molar-refractivity contribution in [3.8, 4) is 50.5 Å². The van der Waals surface area contributed by atoms with Crippen LogP contribution in [-0.2, 0) is 0 Å². The molecule has 1 N–H and O–H groups in total. The second-order valence-corrected chi connectivity index (χ2v) is 10.8. The summed E-state index contributed by atoms with van der Waals surface area (Å²) in [6.07, 6.45) is -0.269. The number of aromatic nitrogens is 1. The number of benzene rings is 6. The van der Waals surface area contributed by atoms with E-state index in [2.05, 4.69) is 139 Å². The lowest BCUT2D eigenvalue weighted by Crippen LogP contribution is -2.11. The quantitative estimate of drug-likeness (QED) is 0.231.